The summed E-state index contributed by atoms with van der Waals surface area (Å²) >= 11 is 0. The van der Waals surface area contributed by atoms with Gasteiger partial charge in [0, 0.05) is 19.7 Å². The van der Waals surface area contributed by atoms with Gasteiger partial charge in [0.1, 0.15) is 5.82 Å². The standard InChI is InChI=1S/C12H19N3O/c1-9-6-11(13)7-14-12(9)15-4-2-10(8-15)3-5-16/h6-7,10,16H,2-5,8,13H2,1H3. The average molecular weight is 221 g/mol. The summed E-state index contributed by atoms with van der Waals surface area (Å²) in [5.41, 5.74) is 7.53. The highest BCUT2D eigenvalue weighted by atomic mass is 16.3. The van der Waals surface area contributed by atoms with E-state index in [1.54, 1.807) is 6.20 Å². The third-order valence-corrected chi connectivity index (χ3v) is 3.19. The molecule has 2 heterocycles. The van der Waals surface area contributed by atoms with E-state index in [1.165, 1.54) is 0 Å². The molecular weight excluding hydrogens is 202 g/mol. The van der Waals surface area contributed by atoms with Crippen LogP contribution in [0, 0.1) is 12.8 Å². The molecule has 16 heavy (non-hydrogen) atoms. The lowest BCUT2D eigenvalue weighted by molar-refractivity contribution is 0.263. The third-order valence-electron chi connectivity index (χ3n) is 3.19. The van der Waals surface area contributed by atoms with E-state index in [-0.39, 0.29) is 6.61 Å². The predicted molar refractivity (Wildman–Crippen MR) is 65.4 cm³/mol. The summed E-state index contributed by atoms with van der Waals surface area (Å²) in [5.74, 6) is 1.64. The lowest BCUT2D eigenvalue weighted by atomic mass is 10.1. The molecule has 0 spiro atoms. The van der Waals surface area contributed by atoms with E-state index in [0.717, 1.165) is 37.3 Å². The number of hydrogen-bond donors (Lipinski definition) is 2. The summed E-state index contributed by atoms with van der Waals surface area (Å²) in [6, 6.07) is 1.96. The lowest BCUT2D eigenvalue weighted by Crippen LogP contribution is -2.22. The second-order valence-electron chi connectivity index (χ2n) is 4.52. The Kier molecular flexibility index (Phi) is 3.29. The number of aliphatic hydroxyl groups excluding tert-OH is 1. The number of hydrogen-bond acceptors (Lipinski definition) is 4. The summed E-state index contributed by atoms with van der Waals surface area (Å²) in [7, 11) is 0. The minimum Gasteiger partial charge on any atom is -0.397 e. The fourth-order valence-electron chi connectivity index (χ4n) is 2.36. The topological polar surface area (TPSA) is 62.4 Å². The van der Waals surface area contributed by atoms with Crippen LogP contribution < -0.4 is 10.6 Å². The molecule has 4 heteroatoms. The molecule has 0 amide bonds. The maximum Gasteiger partial charge on any atom is 0.131 e. The molecule has 0 aromatic carbocycles. The maximum absolute atomic E-state index is 8.92. The third kappa shape index (κ3) is 2.27. The van der Waals surface area contributed by atoms with Crippen molar-refractivity contribution in [1.29, 1.82) is 0 Å². The largest absolute Gasteiger partial charge is 0.397 e. The number of anilines is 2. The van der Waals surface area contributed by atoms with Crippen LogP contribution in [0.4, 0.5) is 11.5 Å². The highest BCUT2D eigenvalue weighted by Crippen LogP contribution is 2.26. The molecule has 0 saturated carbocycles. The zero-order valence-electron chi connectivity index (χ0n) is 9.69. The Morgan fingerprint density at radius 2 is 2.44 bits per heavy atom. The van der Waals surface area contributed by atoms with Gasteiger partial charge in [-0.3, -0.25) is 0 Å². The molecule has 0 aliphatic carbocycles. The first-order valence-electron chi connectivity index (χ1n) is 5.78. The Hall–Kier alpha value is -1.29. The summed E-state index contributed by atoms with van der Waals surface area (Å²) in [6.45, 7) is 4.35. The van der Waals surface area contributed by atoms with Gasteiger partial charge in [-0.1, -0.05) is 0 Å². The SMILES string of the molecule is Cc1cc(N)cnc1N1CCC(CCO)C1. The Labute approximate surface area is 96.1 Å². The molecule has 3 N–H and O–H groups in total. The molecule has 2 rings (SSSR count). The molecule has 0 radical (unpaired) electrons. The Balaban J connectivity index is 2.08. The zero-order valence-corrected chi connectivity index (χ0v) is 9.69. The summed E-state index contributed by atoms with van der Waals surface area (Å²) in [4.78, 5) is 6.68. The maximum atomic E-state index is 8.92. The van der Waals surface area contributed by atoms with Gasteiger partial charge in [-0.05, 0) is 37.3 Å². The molecule has 1 unspecified atom stereocenters. The predicted octanol–water partition coefficient (Wildman–Crippen LogP) is 1.18. The number of nitrogen functional groups attached to an aromatic ring is 1. The van der Waals surface area contributed by atoms with Gasteiger partial charge in [-0.25, -0.2) is 4.98 Å². The van der Waals surface area contributed by atoms with Gasteiger partial charge in [0.25, 0.3) is 0 Å². The van der Waals surface area contributed by atoms with Gasteiger partial charge in [-0.2, -0.15) is 0 Å². The van der Waals surface area contributed by atoms with E-state index in [0.29, 0.717) is 11.6 Å². The van der Waals surface area contributed by atoms with Crippen molar-refractivity contribution >= 4 is 11.5 Å². The van der Waals surface area contributed by atoms with Gasteiger partial charge < -0.3 is 15.7 Å². The fraction of sp³-hybridized carbons (Fsp3) is 0.583. The van der Waals surface area contributed by atoms with Gasteiger partial charge in [0.05, 0.1) is 11.9 Å². The van der Waals surface area contributed by atoms with E-state index in [1.807, 2.05) is 13.0 Å². The summed E-state index contributed by atoms with van der Waals surface area (Å²) in [5, 5.41) is 8.92. The van der Waals surface area contributed by atoms with E-state index in [2.05, 4.69) is 9.88 Å². The minimum absolute atomic E-state index is 0.284. The molecule has 1 atom stereocenters. The second-order valence-corrected chi connectivity index (χ2v) is 4.52. The zero-order chi connectivity index (χ0) is 11.5. The number of aliphatic hydroxyl groups is 1. The number of pyridine rings is 1. The van der Waals surface area contributed by atoms with Crippen molar-refractivity contribution in [1.82, 2.24) is 4.98 Å². The van der Waals surface area contributed by atoms with Crippen LogP contribution >= 0.6 is 0 Å². The molecule has 1 aromatic rings. The van der Waals surface area contributed by atoms with Crippen molar-refractivity contribution in [3.8, 4) is 0 Å². The Morgan fingerprint density at radius 3 is 3.12 bits per heavy atom. The van der Waals surface area contributed by atoms with Crippen LogP contribution in [-0.4, -0.2) is 29.8 Å². The average Bonchev–Trinajstić information content (AvgIpc) is 2.67. The van der Waals surface area contributed by atoms with Crippen LogP contribution in [0.5, 0.6) is 0 Å². The second kappa shape index (κ2) is 4.70. The number of nitrogens with two attached hydrogens (primary N) is 1. The molecule has 1 aliphatic rings. The van der Waals surface area contributed by atoms with Crippen LogP contribution in [-0.2, 0) is 0 Å². The van der Waals surface area contributed by atoms with Crippen molar-refractivity contribution in [3.05, 3.63) is 17.8 Å². The molecular formula is C12H19N3O. The van der Waals surface area contributed by atoms with Gasteiger partial charge >= 0.3 is 0 Å². The van der Waals surface area contributed by atoms with Crippen molar-refractivity contribution < 1.29 is 5.11 Å². The van der Waals surface area contributed by atoms with E-state index in [9.17, 15) is 0 Å². The molecule has 88 valence electrons. The smallest absolute Gasteiger partial charge is 0.131 e. The Bertz CT molecular complexity index is 367. The number of rotatable bonds is 3. The van der Waals surface area contributed by atoms with Gasteiger partial charge in [-0.15, -0.1) is 0 Å². The lowest BCUT2D eigenvalue weighted by Gasteiger charge is -2.19. The van der Waals surface area contributed by atoms with Crippen LogP contribution in [0.1, 0.15) is 18.4 Å². The van der Waals surface area contributed by atoms with Crippen molar-refractivity contribution in [2.75, 3.05) is 30.3 Å². The summed E-state index contributed by atoms with van der Waals surface area (Å²) < 4.78 is 0. The van der Waals surface area contributed by atoms with Gasteiger partial charge in [0.15, 0.2) is 0 Å². The van der Waals surface area contributed by atoms with Crippen LogP contribution in [0.15, 0.2) is 12.3 Å². The monoisotopic (exact) mass is 221 g/mol. The first-order chi connectivity index (χ1) is 7.70. The minimum atomic E-state index is 0.284. The van der Waals surface area contributed by atoms with E-state index >= 15 is 0 Å². The highest BCUT2D eigenvalue weighted by molar-refractivity contribution is 5.53. The van der Waals surface area contributed by atoms with E-state index in [4.69, 9.17) is 10.8 Å². The van der Waals surface area contributed by atoms with Crippen molar-refractivity contribution in [3.63, 3.8) is 0 Å². The molecule has 1 aromatic heterocycles. The number of aromatic nitrogens is 1. The molecule has 0 bridgehead atoms. The normalized spacial score (nSPS) is 20.4. The molecule has 1 aliphatic heterocycles. The number of nitrogens with zero attached hydrogens (tertiary/aromatic N) is 2. The quantitative estimate of drug-likeness (QED) is 0.804. The van der Waals surface area contributed by atoms with Crippen LogP contribution in [0.2, 0.25) is 0 Å². The molecule has 1 fully saturated rings. The van der Waals surface area contributed by atoms with Crippen LogP contribution in [0.3, 0.4) is 0 Å². The van der Waals surface area contributed by atoms with Crippen molar-refractivity contribution in [2.24, 2.45) is 5.92 Å². The fourth-order valence-corrected chi connectivity index (χ4v) is 2.36. The Morgan fingerprint density at radius 1 is 1.62 bits per heavy atom. The molecule has 4 nitrogen and oxygen atoms in total. The van der Waals surface area contributed by atoms with Gasteiger partial charge in [0.2, 0.25) is 0 Å². The van der Waals surface area contributed by atoms with E-state index < -0.39 is 0 Å². The van der Waals surface area contributed by atoms with Crippen molar-refractivity contribution in [2.45, 2.75) is 19.8 Å². The highest BCUT2D eigenvalue weighted by Gasteiger charge is 2.23. The van der Waals surface area contributed by atoms with Crippen LogP contribution in [0.25, 0.3) is 0 Å². The first kappa shape index (κ1) is 11.2. The molecule has 1 saturated heterocycles. The number of aryl methyl sites for hydroxylation is 1. The summed E-state index contributed by atoms with van der Waals surface area (Å²) in [6.07, 6.45) is 3.75. The first-order valence-corrected chi connectivity index (χ1v) is 5.78.